The van der Waals surface area contributed by atoms with Gasteiger partial charge in [0.15, 0.2) is 0 Å². The molecule has 0 spiro atoms. The second-order valence-corrected chi connectivity index (χ2v) is 20.1. The molecule has 0 aliphatic heterocycles. The first-order chi connectivity index (χ1) is 25.0. The van der Waals surface area contributed by atoms with E-state index in [0.717, 1.165) is 35.5 Å². The molecule has 55 heavy (non-hydrogen) atoms. The van der Waals surface area contributed by atoms with E-state index in [2.05, 4.69) is 166 Å². The molecule has 1 heteroatoms. The fourth-order valence-electron chi connectivity index (χ4n) is 11.1. The Morgan fingerprint density at radius 2 is 0.400 bits per heavy atom. The monoisotopic (exact) mass is 812 g/mol. The summed E-state index contributed by atoms with van der Waals surface area (Å²) in [4.78, 5) is 0. The zero-order valence-corrected chi connectivity index (χ0v) is 44.0. The Hall–Kier alpha value is 0.532. The quantitative estimate of drug-likeness (QED) is 0.0725. The maximum absolute atomic E-state index is 4.55. The van der Waals surface area contributed by atoms with E-state index in [4.69, 9.17) is 0 Å². The summed E-state index contributed by atoms with van der Waals surface area (Å²) in [6.07, 6.45) is 23.0. The van der Waals surface area contributed by atoms with Crippen molar-refractivity contribution in [3.63, 3.8) is 0 Å². The topological polar surface area (TPSA) is 0 Å². The van der Waals surface area contributed by atoms with Crippen molar-refractivity contribution in [2.24, 2.45) is 68.0 Å². The SMILES string of the molecule is [CH2-]C(CC)(CC)CC(C(C)C)C(CC)(CC)CC.[CH2-]C(CC)(CC)CC(C(C)C)C(CC)(CC)CC.[CH2-]C(CC)(CC)CC(C(C)C)C(CC)(CC)CC.[Cr+3]. The molecule has 333 valence electrons. The fourth-order valence-corrected chi connectivity index (χ4v) is 11.1. The summed E-state index contributed by atoms with van der Waals surface area (Å²) in [5.74, 6) is 4.75. The third kappa shape index (κ3) is 18.4. The van der Waals surface area contributed by atoms with Gasteiger partial charge in [-0.25, -0.2) is 0 Å². The van der Waals surface area contributed by atoms with Crippen LogP contribution in [0, 0.1) is 88.8 Å². The summed E-state index contributed by atoms with van der Waals surface area (Å²) in [6.45, 7) is 63.3. The van der Waals surface area contributed by atoms with Crippen LogP contribution in [0.3, 0.4) is 0 Å². The van der Waals surface area contributed by atoms with Crippen LogP contribution in [-0.2, 0) is 17.4 Å². The average molecular weight is 812 g/mol. The number of hydrogen-bond donors (Lipinski definition) is 0. The van der Waals surface area contributed by atoms with Crippen molar-refractivity contribution >= 4 is 0 Å². The molecule has 0 amide bonds. The molecule has 0 aromatic heterocycles. The Balaban J connectivity index is -0.000000351. The third-order valence-corrected chi connectivity index (χ3v) is 17.6. The van der Waals surface area contributed by atoms with Gasteiger partial charge in [-0.15, -0.1) is 0 Å². The van der Waals surface area contributed by atoms with Gasteiger partial charge in [-0.05, 0) is 51.8 Å². The van der Waals surface area contributed by atoms with Gasteiger partial charge in [0.05, 0.1) is 0 Å². The molecule has 0 saturated heterocycles. The van der Waals surface area contributed by atoms with Crippen LogP contribution in [0.25, 0.3) is 0 Å². The van der Waals surface area contributed by atoms with E-state index >= 15 is 0 Å². The molecule has 0 aliphatic rings. The van der Waals surface area contributed by atoms with Crippen molar-refractivity contribution in [3.8, 4) is 0 Å². The summed E-state index contributed by atoms with van der Waals surface area (Å²) in [6, 6.07) is 0. The predicted octanol–water partition coefficient (Wildman–Crippen LogP) is 19.5. The Kier molecular flexibility index (Phi) is 33.6. The number of hydrogen-bond acceptors (Lipinski definition) is 0. The van der Waals surface area contributed by atoms with Crippen molar-refractivity contribution < 1.29 is 17.4 Å². The van der Waals surface area contributed by atoms with Gasteiger partial charge < -0.3 is 20.8 Å². The van der Waals surface area contributed by atoms with E-state index in [1.54, 1.807) is 0 Å². The molecule has 1 radical (unpaired) electrons. The van der Waals surface area contributed by atoms with Crippen molar-refractivity contribution in [1.82, 2.24) is 0 Å². The fraction of sp³-hybridized carbons (Fsp3) is 0.944. The Morgan fingerprint density at radius 3 is 0.473 bits per heavy atom. The van der Waals surface area contributed by atoms with Crippen LogP contribution in [0.4, 0.5) is 0 Å². The smallest absolute Gasteiger partial charge is 0.337 e. The van der Waals surface area contributed by atoms with E-state index in [0.29, 0.717) is 32.5 Å². The van der Waals surface area contributed by atoms with Crippen molar-refractivity contribution in [3.05, 3.63) is 20.8 Å². The van der Waals surface area contributed by atoms with Crippen LogP contribution >= 0.6 is 0 Å². The minimum atomic E-state index is 0. The maximum atomic E-state index is 4.55. The van der Waals surface area contributed by atoms with Crippen molar-refractivity contribution in [1.29, 1.82) is 0 Å². The molecular formula is C54H111Cr. The van der Waals surface area contributed by atoms with Gasteiger partial charge in [0, 0.05) is 0 Å². The van der Waals surface area contributed by atoms with Gasteiger partial charge >= 0.3 is 17.4 Å². The molecule has 0 rings (SSSR count). The van der Waals surface area contributed by atoms with Crippen LogP contribution in [0.15, 0.2) is 0 Å². The zero-order valence-electron chi connectivity index (χ0n) is 42.7. The average Bonchev–Trinajstić information content (AvgIpc) is 3.19. The second kappa shape index (κ2) is 29.7. The number of rotatable bonds is 27. The van der Waals surface area contributed by atoms with Gasteiger partial charge in [-0.1, -0.05) is 261 Å². The van der Waals surface area contributed by atoms with Crippen LogP contribution in [0.1, 0.15) is 261 Å². The molecule has 0 heterocycles. The largest absolute Gasteiger partial charge is 3.00 e. The van der Waals surface area contributed by atoms with Gasteiger partial charge in [0.25, 0.3) is 0 Å². The van der Waals surface area contributed by atoms with Crippen molar-refractivity contribution in [2.75, 3.05) is 0 Å². The molecular weight excluding hydrogens is 701 g/mol. The van der Waals surface area contributed by atoms with E-state index in [-0.39, 0.29) is 17.4 Å². The van der Waals surface area contributed by atoms with Crippen LogP contribution in [0.2, 0.25) is 0 Å². The summed E-state index contributed by atoms with van der Waals surface area (Å²) in [5.41, 5.74) is 2.46. The van der Waals surface area contributed by atoms with E-state index < -0.39 is 0 Å². The third-order valence-electron chi connectivity index (χ3n) is 17.6. The summed E-state index contributed by atoms with van der Waals surface area (Å²) in [7, 11) is 0. The van der Waals surface area contributed by atoms with E-state index in [1.807, 2.05) is 0 Å². The molecule has 0 aromatic rings. The molecule has 0 aliphatic carbocycles. The van der Waals surface area contributed by atoms with Gasteiger partial charge in [-0.3, -0.25) is 0 Å². The molecule has 0 fully saturated rings. The first-order valence-electron chi connectivity index (χ1n) is 24.6. The first kappa shape index (κ1) is 62.2. The van der Waals surface area contributed by atoms with Gasteiger partial charge in [0.2, 0.25) is 0 Å². The Labute approximate surface area is 365 Å². The van der Waals surface area contributed by atoms with Crippen LogP contribution in [-0.4, -0.2) is 0 Å². The normalized spacial score (nSPS) is 14.9. The van der Waals surface area contributed by atoms with E-state index in [1.165, 1.54) is 116 Å². The van der Waals surface area contributed by atoms with Crippen molar-refractivity contribution in [2.45, 2.75) is 261 Å². The minimum absolute atomic E-state index is 0. The Morgan fingerprint density at radius 1 is 0.273 bits per heavy atom. The summed E-state index contributed by atoms with van der Waals surface area (Å²) < 4.78 is 0. The standard InChI is InChI=1S/3C18H37.Cr/c3*1-9-17(8,10-2)14-16(15(6)7)18(11-3,12-4)13-5;/h3*15-16H,8-14H2,1-7H3;/q3*-1;+3. The first-order valence-corrected chi connectivity index (χ1v) is 24.6. The van der Waals surface area contributed by atoms with Crippen LogP contribution in [0.5, 0.6) is 0 Å². The van der Waals surface area contributed by atoms with Gasteiger partial charge in [-0.2, -0.15) is 16.2 Å². The molecule has 0 nitrogen and oxygen atoms in total. The van der Waals surface area contributed by atoms with Gasteiger partial charge in [0.1, 0.15) is 0 Å². The Bertz CT molecular complexity index is 715. The molecule has 0 aromatic carbocycles. The molecule has 3 unspecified atom stereocenters. The summed E-state index contributed by atoms with van der Waals surface area (Å²) in [5, 5.41) is 0. The maximum Gasteiger partial charge on any atom is 3.00 e. The second-order valence-electron chi connectivity index (χ2n) is 20.1. The van der Waals surface area contributed by atoms with Crippen LogP contribution < -0.4 is 0 Å². The molecule has 0 bridgehead atoms. The predicted molar refractivity (Wildman–Crippen MR) is 254 cm³/mol. The van der Waals surface area contributed by atoms with E-state index in [9.17, 15) is 0 Å². The summed E-state index contributed by atoms with van der Waals surface area (Å²) >= 11 is 0. The minimum Gasteiger partial charge on any atom is -0.337 e. The zero-order chi connectivity index (χ0) is 43.2. The molecule has 0 saturated carbocycles. The molecule has 0 N–H and O–H groups in total. The molecule has 3 atom stereocenters.